The normalized spacial score (nSPS) is 29.1. The summed E-state index contributed by atoms with van der Waals surface area (Å²) in [5.74, 6) is 0.730. The first kappa shape index (κ1) is 20.5. The van der Waals surface area contributed by atoms with Gasteiger partial charge >= 0.3 is 5.97 Å². The van der Waals surface area contributed by atoms with Crippen LogP contribution < -0.4 is 10.1 Å². The highest BCUT2D eigenvalue weighted by atomic mass is 79.9. The summed E-state index contributed by atoms with van der Waals surface area (Å²) in [6, 6.07) is 25.3. The summed E-state index contributed by atoms with van der Waals surface area (Å²) < 4.78 is 11.7. The Morgan fingerprint density at radius 2 is 1.67 bits per heavy atom. The molecular weight excluding hydrogens is 482 g/mol. The maximum Gasteiger partial charge on any atom is 0.310 e. The number of hydrogen-bond donors (Lipinski definition) is 1. The number of anilines is 1. The molecule has 166 valence electrons. The Morgan fingerprint density at radius 1 is 0.939 bits per heavy atom. The lowest BCUT2D eigenvalue weighted by Gasteiger charge is -2.27. The third kappa shape index (κ3) is 3.44. The van der Waals surface area contributed by atoms with Gasteiger partial charge in [0.15, 0.2) is 0 Å². The second-order valence-corrected chi connectivity index (χ2v) is 10.00. The first-order valence-corrected chi connectivity index (χ1v) is 12.1. The number of benzene rings is 3. The van der Waals surface area contributed by atoms with E-state index in [0.29, 0.717) is 11.4 Å². The number of alkyl halides is 1. The number of carbonyl (C=O) groups excluding carboxylic acids is 2. The van der Waals surface area contributed by atoms with E-state index in [9.17, 15) is 9.59 Å². The standard InChI is InChI=1S/C27H22BrNO4/c28-24-19-14-20-23(27(31)33-25(20)24)22(19)26(30)29-16-10-12-17(13-11-16)32-21-9-5-4-8-18(21)15-6-2-1-3-7-15/h1-13,19-20,22-25H,14H2,(H,29,30)/t19-,20-,22-,23-,24+,25+/m1/s1. The Hall–Kier alpha value is -3.12. The van der Waals surface area contributed by atoms with Crippen molar-refractivity contribution in [2.24, 2.45) is 23.7 Å². The van der Waals surface area contributed by atoms with Crippen LogP contribution in [0.1, 0.15) is 6.42 Å². The van der Waals surface area contributed by atoms with Crippen LogP contribution in [0.4, 0.5) is 5.69 Å². The smallest absolute Gasteiger partial charge is 0.310 e. The number of ether oxygens (including phenoxy) is 2. The lowest BCUT2D eigenvalue weighted by Crippen LogP contribution is -2.40. The molecule has 1 saturated heterocycles. The average molecular weight is 504 g/mol. The van der Waals surface area contributed by atoms with Gasteiger partial charge in [0.2, 0.25) is 5.91 Å². The topological polar surface area (TPSA) is 64.6 Å². The minimum absolute atomic E-state index is 0.0569. The predicted molar refractivity (Wildman–Crippen MR) is 128 cm³/mol. The summed E-state index contributed by atoms with van der Waals surface area (Å²) in [7, 11) is 0. The fraction of sp³-hybridized carbons (Fsp3) is 0.259. The van der Waals surface area contributed by atoms with Gasteiger partial charge in [-0.05, 0) is 48.2 Å². The zero-order valence-electron chi connectivity index (χ0n) is 17.7. The highest BCUT2D eigenvalue weighted by molar-refractivity contribution is 9.09. The molecule has 5 nitrogen and oxygen atoms in total. The molecule has 2 aliphatic carbocycles. The van der Waals surface area contributed by atoms with Crippen molar-refractivity contribution in [3.05, 3.63) is 78.9 Å². The maximum absolute atomic E-state index is 13.1. The maximum atomic E-state index is 13.1. The molecule has 3 aromatic rings. The quantitative estimate of drug-likeness (QED) is 0.360. The zero-order chi connectivity index (χ0) is 22.5. The number of hydrogen-bond acceptors (Lipinski definition) is 4. The van der Waals surface area contributed by atoms with Gasteiger partial charge in [0.25, 0.3) is 0 Å². The van der Waals surface area contributed by atoms with E-state index in [4.69, 9.17) is 9.47 Å². The molecule has 3 fully saturated rings. The molecule has 6 atom stereocenters. The van der Waals surface area contributed by atoms with Gasteiger partial charge < -0.3 is 14.8 Å². The van der Waals surface area contributed by atoms with Crippen LogP contribution in [0.25, 0.3) is 11.1 Å². The SMILES string of the molecule is O=C(Nc1ccc(Oc2ccccc2-c2ccccc2)cc1)[C@@H]1[C@H]2C[C@H]3[C@H](OC(=O)[C@H]31)[C@H]2Br. The van der Waals surface area contributed by atoms with Gasteiger partial charge in [0.05, 0.1) is 16.7 Å². The third-order valence-electron chi connectivity index (χ3n) is 7.15. The van der Waals surface area contributed by atoms with Crippen LogP contribution in [0.5, 0.6) is 11.5 Å². The van der Waals surface area contributed by atoms with Gasteiger partial charge in [-0.15, -0.1) is 0 Å². The molecule has 1 aliphatic heterocycles. The van der Waals surface area contributed by atoms with E-state index >= 15 is 0 Å². The van der Waals surface area contributed by atoms with Crippen LogP contribution in [0, 0.1) is 23.7 Å². The number of para-hydroxylation sites is 1. The fourth-order valence-corrected chi connectivity index (χ4v) is 6.75. The number of rotatable bonds is 5. The largest absolute Gasteiger partial charge is 0.461 e. The van der Waals surface area contributed by atoms with Crippen molar-refractivity contribution in [2.75, 3.05) is 5.32 Å². The lowest BCUT2D eigenvalue weighted by molar-refractivity contribution is -0.145. The Labute approximate surface area is 200 Å². The minimum atomic E-state index is -0.348. The zero-order valence-corrected chi connectivity index (χ0v) is 19.3. The molecule has 3 aromatic carbocycles. The van der Waals surface area contributed by atoms with Crippen molar-refractivity contribution >= 4 is 33.5 Å². The monoisotopic (exact) mass is 503 g/mol. The molecule has 0 unspecified atom stereocenters. The molecule has 1 N–H and O–H groups in total. The Morgan fingerprint density at radius 3 is 2.45 bits per heavy atom. The van der Waals surface area contributed by atoms with Crippen molar-refractivity contribution in [3.63, 3.8) is 0 Å². The summed E-state index contributed by atoms with van der Waals surface area (Å²) >= 11 is 3.66. The van der Waals surface area contributed by atoms with Gasteiger partial charge in [-0.25, -0.2) is 0 Å². The van der Waals surface area contributed by atoms with Crippen molar-refractivity contribution in [1.82, 2.24) is 0 Å². The summed E-state index contributed by atoms with van der Waals surface area (Å²) in [6.07, 6.45) is 0.787. The van der Waals surface area contributed by atoms with Crippen LogP contribution >= 0.6 is 15.9 Å². The number of carbonyl (C=O) groups is 2. The molecule has 6 heteroatoms. The highest BCUT2D eigenvalue weighted by Gasteiger charge is 2.67. The number of halogens is 1. The molecule has 0 aromatic heterocycles. The molecule has 6 rings (SSSR count). The molecular formula is C27H22BrNO4. The van der Waals surface area contributed by atoms with Crippen LogP contribution in [-0.4, -0.2) is 22.8 Å². The number of esters is 1. The predicted octanol–water partition coefficient (Wildman–Crippen LogP) is 5.66. The molecule has 0 spiro atoms. The van der Waals surface area contributed by atoms with E-state index in [2.05, 4.69) is 33.4 Å². The number of nitrogens with one attached hydrogen (secondary N) is 1. The van der Waals surface area contributed by atoms with Crippen LogP contribution in [-0.2, 0) is 14.3 Å². The Kier molecular flexibility index (Phi) is 4.98. The van der Waals surface area contributed by atoms with E-state index in [1.165, 1.54) is 0 Å². The first-order chi connectivity index (χ1) is 16.1. The molecule has 1 amide bonds. The second kappa shape index (κ2) is 8.03. The first-order valence-electron chi connectivity index (χ1n) is 11.2. The Balaban J connectivity index is 1.17. The van der Waals surface area contributed by atoms with Crippen molar-refractivity contribution in [2.45, 2.75) is 17.4 Å². The van der Waals surface area contributed by atoms with Gasteiger partial charge in [0.1, 0.15) is 17.6 Å². The molecule has 2 bridgehead atoms. The van der Waals surface area contributed by atoms with E-state index in [1.807, 2.05) is 66.7 Å². The average Bonchev–Trinajstić information content (AvgIpc) is 3.46. The van der Waals surface area contributed by atoms with Gasteiger partial charge in [-0.3, -0.25) is 9.59 Å². The molecule has 3 aliphatic rings. The van der Waals surface area contributed by atoms with Crippen LogP contribution in [0.15, 0.2) is 78.9 Å². The van der Waals surface area contributed by atoms with Crippen molar-refractivity contribution < 1.29 is 19.1 Å². The third-order valence-corrected chi connectivity index (χ3v) is 8.35. The van der Waals surface area contributed by atoms with Crippen molar-refractivity contribution in [1.29, 1.82) is 0 Å². The van der Waals surface area contributed by atoms with Crippen LogP contribution in [0.3, 0.4) is 0 Å². The van der Waals surface area contributed by atoms with Gasteiger partial charge in [0, 0.05) is 17.2 Å². The molecule has 2 saturated carbocycles. The van der Waals surface area contributed by atoms with E-state index in [1.54, 1.807) is 0 Å². The van der Waals surface area contributed by atoms with E-state index in [0.717, 1.165) is 23.3 Å². The van der Waals surface area contributed by atoms with E-state index in [-0.39, 0.29) is 46.5 Å². The molecule has 1 heterocycles. The Bertz CT molecular complexity index is 1210. The van der Waals surface area contributed by atoms with Gasteiger partial charge in [-0.2, -0.15) is 0 Å². The second-order valence-electron chi connectivity index (χ2n) is 8.94. The molecule has 0 radical (unpaired) electrons. The van der Waals surface area contributed by atoms with E-state index < -0.39 is 0 Å². The number of fused-ring (bicyclic) bond motifs is 1. The van der Waals surface area contributed by atoms with Crippen LogP contribution in [0.2, 0.25) is 0 Å². The molecule has 33 heavy (non-hydrogen) atoms. The summed E-state index contributed by atoms with van der Waals surface area (Å²) in [5, 5.41) is 3.00. The summed E-state index contributed by atoms with van der Waals surface area (Å²) in [5.41, 5.74) is 2.78. The summed E-state index contributed by atoms with van der Waals surface area (Å²) in [4.78, 5) is 25.5. The van der Waals surface area contributed by atoms with Crippen molar-refractivity contribution in [3.8, 4) is 22.6 Å². The number of amides is 1. The summed E-state index contributed by atoms with van der Waals surface area (Å²) in [6.45, 7) is 0. The highest BCUT2D eigenvalue weighted by Crippen LogP contribution is 2.60. The lowest BCUT2D eigenvalue weighted by atomic mass is 9.79. The fourth-order valence-electron chi connectivity index (χ4n) is 5.70. The minimum Gasteiger partial charge on any atom is -0.461 e. The van der Waals surface area contributed by atoms with Gasteiger partial charge in [-0.1, -0.05) is 64.5 Å².